The van der Waals surface area contributed by atoms with Crippen LogP contribution in [0.25, 0.3) is 11.0 Å². The Morgan fingerprint density at radius 3 is 2.86 bits per heavy atom. The van der Waals surface area contributed by atoms with E-state index in [1.165, 1.54) is 0 Å². The first-order valence-corrected chi connectivity index (χ1v) is 7.42. The number of fused-ring (bicyclic) bond motifs is 1. The van der Waals surface area contributed by atoms with Gasteiger partial charge < -0.3 is 14.4 Å². The first-order valence-electron chi connectivity index (χ1n) is 7.42. The molecule has 1 saturated carbocycles. The summed E-state index contributed by atoms with van der Waals surface area (Å²) in [6.07, 6.45) is 2.44. The van der Waals surface area contributed by atoms with Crippen LogP contribution in [0.15, 0.2) is 18.2 Å². The average molecular weight is 288 g/mol. The number of carboxylic acids is 1. The third-order valence-corrected chi connectivity index (χ3v) is 3.74. The molecule has 0 spiro atoms. The lowest BCUT2D eigenvalue weighted by atomic mass is 10.2. The topological polar surface area (TPSA) is 64.4 Å². The van der Waals surface area contributed by atoms with Crippen LogP contribution in [0.1, 0.15) is 48.8 Å². The van der Waals surface area contributed by atoms with Gasteiger partial charge in [0.1, 0.15) is 5.82 Å². The molecule has 5 heteroatoms. The lowest BCUT2D eigenvalue weighted by Crippen LogP contribution is -2.13. The minimum Gasteiger partial charge on any atom is -0.478 e. The molecule has 1 N–H and O–H groups in total. The molecule has 0 aliphatic heterocycles. The zero-order valence-electron chi connectivity index (χ0n) is 12.4. The van der Waals surface area contributed by atoms with E-state index in [4.69, 9.17) is 4.74 Å². The van der Waals surface area contributed by atoms with Gasteiger partial charge in [0.2, 0.25) is 0 Å². The van der Waals surface area contributed by atoms with E-state index in [-0.39, 0.29) is 6.10 Å². The molecule has 1 aromatic heterocycles. The molecule has 1 aliphatic rings. The number of hydrogen-bond acceptors (Lipinski definition) is 3. The maximum atomic E-state index is 11.5. The van der Waals surface area contributed by atoms with Crippen LogP contribution < -0.4 is 0 Å². The first kappa shape index (κ1) is 14.1. The van der Waals surface area contributed by atoms with Crippen molar-refractivity contribution in [3.63, 3.8) is 0 Å². The molecule has 3 rings (SSSR count). The number of rotatable bonds is 6. The largest absolute Gasteiger partial charge is 0.478 e. The van der Waals surface area contributed by atoms with E-state index in [1.54, 1.807) is 12.1 Å². The van der Waals surface area contributed by atoms with Gasteiger partial charge in [-0.05, 0) is 38.8 Å². The fourth-order valence-corrected chi connectivity index (χ4v) is 2.64. The molecule has 1 aromatic carbocycles. The zero-order valence-corrected chi connectivity index (χ0v) is 12.4. The Morgan fingerprint density at radius 1 is 1.48 bits per heavy atom. The van der Waals surface area contributed by atoms with Crippen molar-refractivity contribution in [1.82, 2.24) is 9.55 Å². The van der Waals surface area contributed by atoms with Crippen LogP contribution >= 0.6 is 0 Å². The number of ether oxygens (including phenoxy) is 1. The van der Waals surface area contributed by atoms with E-state index in [2.05, 4.69) is 4.98 Å². The predicted molar refractivity (Wildman–Crippen MR) is 79.8 cm³/mol. The van der Waals surface area contributed by atoms with E-state index in [1.807, 2.05) is 24.5 Å². The number of hydrogen-bond donors (Lipinski definition) is 1. The highest BCUT2D eigenvalue weighted by Gasteiger charge is 2.30. The van der Waals surface area contributed by atoms with Gasteiger partial charge in [0.15, 0.2) is 0 Å². The molecule has 1 fully saturated rings. The normalized spacial score (nSPS) is 15.0. The second kappa shape index (κ2) is 5.48. The van der Waals surface area contributed by atoms with Crippen molar-refractivity contribution in [2.45, 2.75) is 45.3 Å². The first-order chi connectivity index (χ1) is 10.1. The highest BCUT2D eigenvalue weighted by molar-refractivity contribution is 6.01. The Morgan fingerprint density at radius 2 is 2.24 bits per heavy atom. The van der Waals surface area contributed by atoms with Crippen molar-refractivity contribution >= 4 is 17.0 Å². The summed E-state index contributed by atoms with van der Waals surface area (Å²) < 4.78 is 7.66. The molecule has 112 valence electrons. The van der Waals surface area contributed by atoms with Gasteiger partial charge >= 0.3 is 5.97 Å². The van der Waals surface area contributed by atoms with E-state index < -0.39 is 5.97 Å². The molecule has 5 nitrogen and oxygen atoms in total. The van der Waals surface area contributed by atoms with Gasteiger partial charge in [0.05, 0.1) is 29.3 Å². The SMILES string of the molecule is CC(C)OCCn1c(C2CC2)nc2cccc(C(=O)O)c21. The van der Waals surface area contributed by atoms with Gasteiger partial charge in [-0.15, -0.1) is 0 Å². The van der Waals surface area contributed by atoms with Gasteiger partial charge in [-0.1, -0.05) is 6.07 Å². The number of para-hydroxylation sites is 1. The van der Waals surface area contributed by atoms with Crippen LogP contribution in [0.2, 0.25) is 0 Å². The van der Waals surface area contributed by atoms with Gasteiger partial charge in [-0.3, -0.25) is 0 Å². The second-order valence-corrected chi connectivity index (χ2v) is 5.79. The number of aromatic nitrogens is 2. The number of aromatic carboxylic acids is 1. The van der Waals surface area contributed by atoms with Crippen molar-refractivity contribution in [2.75, 3.05) is 6.61 Å². The fourth-order valence-electron chi connectivity index (χ4n) is 2.64. The van der Waals surface area contributed by atoms with Gasteiger partial charge in [-0.25, -0.2) is 9.78 Å². The predicted octanol–water partition coefficient (Wildman–Crippen LogP) is 3.04. The highest BCUT2D eigenvalue weighted by Crippen LogP contribution is 2.41. The zero-order chi connectivity index (χ0) is 15.0. The quantitative estimate of drug-likeness (QED) is 0.887. The van der Waals surface area contributed by atoms with E-state index in [9.17, 15) is 9.90 Å². The average Bonchev–Trinajstić information content (AvgIpc) is 3.21. The maximum Gasteiger partial charge on any atom is 0.337 e. The molecule has 0 bridgehead atoms. The maximum absolute atomic E-state index is 11.5. The number of nitrogens with zero attached hydrogens (tertiary/aromatic N) is 2. The van der Waals surface area contributed by atoms with Crippen molar-refractivity contribution in [3.8, 4) is 0 Å². The number of benzene rings is 1. The third-order valence-electron chi connectivity index (χ3n) is 3.74. The minimum absolute atomic E-state index is 0.170. The summed E-state index contributed by atoms with van der Waals surface area (Å²) in [6, 6.07) is 5.28. The van der Waals surface area contributed by atoms with Crippen molar-refractivity contribution < 1.29 is 14.6 Å². The van der Waals surface area contributed by atoms with Crippen molar-refractivity contribution in [3.05, 3.63) is 29.6 Å². The summed E-state index contributed by atoms with van der Waals surface area (Å²) in [5.74, 6) is 0.568. The summed E-state index contributed by atoms with van der Waals surface area (Å²) in [4.78, 5) is 16.1. The Hall–Kier alpha value is -1.88. The summed E-state index contributed by atoms with van der Waals surface area (Å²) in [6.45, 7) is 5.20. The van der Waals surface area contributed by atoms with E-state index in [0.29, 0.717) is 24.6 Å². The molecule has 0 radical (unpaired) electrons. The molecule has 0 unspecified atom stereocenters. The van der Waals surface area contributed by atoms with Gasteiger partial charge in [-0.2, -0.15) is 0 Å². The van der Waals surface area contributed by atoms with Crippen molar-refractivity contribution in [2.24, 2.45) is 0 Å². The van der Waals surface area contributed by atoms with Crippen LogP contribution in [0.5, 0.6) is 0 Å². The molecular formula is C16H20N2O3. The third kappa shape index (κ3) is 2.78. The second-order valence-electron chi connectivity index (χ2n) is 5.79. The number of carboxylic acid groups (broad SMARTS) is 1. The Bertz CT molecular complexity index is 671. The molecule has 0 saturated heterocycles. The number of carbonyl (C=O) groups is 1. The summed E-state index contributed by atoms with van der Waals surface area (Å²) in [5.41, 5.74) is 1.80. The molecule has 0 atom stereocenters. The molecule has 1 aliphatic carbocycles. The van der Waals surface area contributed by atoms with Crippen LogP contribution in [0.3, 0.4) is 0 Å². The van der Waals surface area contributed by atoms with Crippen LogP contribution in [-0.2, 0) is 11.3 Å². The van der Waals surface area contributed by atoms with Gasteiger partial charge in [0, 0.05) is 12.5 Å². The van der Waals surface area contributed by atoms with Gasteiger partial charge in [0.25, 0.3) is 0 Å². The lowest BCUT2D eigenvalue weighted by Gasteiger charge is -2.12. The number of imidazole rings is 1. The fraction of sp³-hybridized carbons (Fsp3) is 0.500. The Balaban J connectivity index is 2.04. The van der Waals surface area contributed by atoms with Crippen molar-refractivity contribution in [1.29, 1.82) is 0 Å². The minimum atomic E-state index is -0.908. The Kier molecular flexibility index (Phi) is 3.68. The summed E-state index contributed by atoms with van der Waals surface area (Å²) >= 11 is 0. The molecule has 21 heavy (non-hydrogen) atoms. The lowest BCUT2D eigenvalue weighted by molar-refractivity contribution is 0.0691. The standard InChI is InChI=1S/C16H20N2O3/c1-10(2)21-9-8-18-14-12(16(19)20)4-3-5-13(14)17-15(18)11-6-7-11/h3-5,10-11H,6-9H2,1-2H3,(H,19,20). The van der Waals surface area contributed by atoms with Crippen LogP contribution in [0.4, 0.5) is 0 Å². The van der Waals surface area contributed by atoms with E-state index >= 15 is 0 Å². The highest BCUT2D eigenvalue weighted by atomic mass is 16.5. The molecular weight excluding hydrogens is 268 g/mol. The summed E-state index contributed by atoms with van der Waals surface area (Å²) in [5, 5.41) is 9.41. The molecule has 2 aromatic rings. The molecule has 0 amide bonds. The van der Waals surface area contributed by atoms with E-state index in [0.717, 1.165) is 29.7 Å². The Labute approximate surface area is 123 Å². The van der Waals surface area contributed by atoms with Crippen LogP contribution in [0, 0.1) is 0 Å². The monoisotopic (exact) mass is 288 g/mol. The van der Waals surface area contributed by atoms with Crippen LogP contribution in [-0.4, -0.2) is 33.3 Å². The smallest absolute Gasteiger partial charge is 0.337 e. The summed E-state index contributed by atoms with van der Waals surface area (Å²) in [7, 11) is 0. The molecule has 1 heterocycles.